The molecule has 0 unspecified atom stereocenters. The molecule has 0 aliphatic carbocycles. The molecular weight excluding hydrogens is 198 g/mol. The van der Waals surface area contributed by atoms with E-state index in [2.05, 4.69) is 22.2 Å². The van der Waals surface area contributed by atoms with Crippen LogP contribution < -0.4 is 5.32 Å². The second kappa shape index (κ2) is 4.75. The third-order valence-electron chi connectivity index (χ3n) is 2.32. The SMILES string of the molecule is CCNc1ccc(-c2nccc(C)n2)cc1. The van der Waals surface area contributed by atoms with Crippen molar-refractivity contribution in [2.45, 2.75) is 13.8 Å². The normalized spacial score (nSPS) is 10.1. The highest BCUT2D eigenvalue weighted by Gasteiger charge is 2.00. The van der Waals surface area contributed by atoms with E-state index in [1.165, 1.54) is 0 Å². The van der Waals surface area contributed by atoms with E-state index in [9.17, 15) is 0 Å². The molecule has 82 valence electrons. The van der Waals surface area contributed by atoms with E-state index in [1.807, 2.05) is 37.3 Å². The fourth-order valence-electron chi connectivity index (χ4n) is 1.53. The van der Waals surface area contributed by atoms with Gasteiger partial charge in [0.25, 0.3) is 0 Å². The summed E-state index contributed by atoms with van der Waals surface area (Å²) in [6, 6.07) is 10.1. The zero-order valence-electron chi connectivity index (χ0n) is 9.57. The van der Waals surface area contributed by atoms with Crippen molar-refractivity contribution in [1.82, 2.24) is 9.97 Å². The van der Waals surface area contributed by atoms with E-state index in [-0.39, 0.29) is 0 Å². The molecule has 3 nitrogen and oxygen atoms in total. The molecule has 0 atom stereocenters. The lowest BCUT2D eigenvalue weighted by Crippen LogP contribution is -1.96. The van der Waals surface area contributed by atoms with Gasteiger partial charge in [0.05, 0.1) is 0 Å². The van der Waals surface area contributed by atoms with E-state index in [1.54, 1.807) is 6.20 Å². The second-order valence-electron chi connectivity index (χ2n) is 3.63. The third-order valence-corrected chi connectivity index (χ3v) is 2.32. The number of benzene rings is 1. The number of hydrogen-bond donors (Lipinski definition) is 1. The first-order valence-electron chi connectivity index (χ1n) is 5.43. The van der Waals surface area contributed by atoms with Crippen LogP contribution in [0.3, 0.4) is 0 Å². The minimum absolute atomic E-state index is 0.781. The Labute approximate surface area is 95.6 Å². The molecule has 0 saturated carbocycles. The predicted molar refractivity (Wildman–Crippen MR) is 66.4 cm³/mol. The van der Waals surface area contributed by atoms with E-state index in [0.29, 0.717) is 0 Å². The molecule has 16 heavy (non-hydrogen) atoms. The molecule has 2 aromatic rings. The molecule has 0 aliphatic rings. The summed E-state index contributed by atoms with van der Waals surface area (Å²) < 4.78 is 0. The molecule has 0 amide bonds. The lowest BCUT2D eigenvalue weighted by atomic mass is 10.2. The number of nitrogens with zero attached hydrogens (tertiary/aromatic N) is 2. The summed E-state index contributed by atoms with van der Waals surface area (Å²) in [7, 11) is 0. The maximum absolute atomic E-state index is 4.39. The van der Waals surface area contributed by atoms with E-state index >= 15 is 0 Å². The molecule has 1 heterocycles. The minimum Gasteiger partial charge on any atom is -0.385 e. The average molecular weight is 213 g/mol. The summed E-state index contributed by atoms with van der Waals surface area (Å²) in [5.74, 6) is 0.781. The highest BCUT2D eigenvalue weighted by Crippen LogP contribution is 2.17. The molecule has 1 aromatic carbocycles. The highest BCUT2D eigenvalue weighted by molar-refractivity contribution is 5.59. The zero-order chi connectivity index (χ0) is 11.4. The summed E-state index contributed by atoms with van der Waals surface area (Å²) in [6.07, 6.45) is 1.79. The molecule has 1 N–H and O–H groups in total. The monoisotopic (exact) mass is 213 g/mol. The number of aryl methyl sites for hydroxylation is 1. The quantitative estimate of drug-likeness (QED) is 0.851. The van der Waals surface area contributed by atoms with Crippen molar-refractivity contribution in [3.63, 3.8) is 0 Å². The van der Waals surface area contributed by atoms with Gasteiger partial charge >= 0.3 is 0 Å². The van der Waals surface area contributed by atoms with Crippen LogP contribution in [0.25, 0.3) is 11.4 Å². The van der Waals surface area contributed by atoms with Crippen molar-refractivity contribution < 1.29 is 0 Å². The summed E-state index contributed by atoms with van der Waals surface area (Å²) >= 11 is 0. The van der Waals surface area contributed by atoms with Crippen molar-refractivity contribution >= 4 is 5.69 Å². The molecule has 2 rings (SSSR count). The Morgan fingerprint density at radius 2 is 1.88 bits per heavy atom. The van der Waals surface area contributed by atoms with Crippen LogP contribution in [0.4, 0.5) is 5.69 Å². The Bertz CT molecular complexity index is 463. The number of anilines is 1. The Balaban J connectivity index is 2.27. The number of nitrogens with one attached hydrogen (secondary N) is 1. The van der Waals surface area contributed by atoms with Gasteiger partial charge in [0.15, 0.2) is 5.82 Å². The lowest BCUT2D eigenvalue weighted by Gasteiger charge is -2.04. The fraction of sp³-hybridized carbons (Fsp3) is 0.231. The maximum atomic E-state index is 4.39. The average Bonchev–Trinajstić information content (AvgIpc) is 2.30. The van der Waals surface area contributed by atoms with Crippen molar-refractivity contribution in [2.24, 2.45) is 0 Å². The van der Waals surface area contributed by atoms with Crippen LogP contribution in [0.2, 0.25) is 0 Å². The van der Waals surface area contributed by atoms with Crippen LogP contribution in [0, 0.1) is 6.92 Å². The van der Waals surface area contributed by atoms with Gasteiger partial charge < -0.3 is 5.32 Å². The molecule has 0 saturated heterocycles. The number of rotatable bonds is 3. The van der Waals surface area contributed by atoms with Gasteiger partial charge in [-0.1, -0.05) is 0 Å². The van der Waals surface area contributed by atoms with E-state index in [0.717, 1.165) is 29.3 Å². The second-order valence-corrected chi connectivity index (χ2v) is 3.63. The van der Waals surface area contributed by atoms with Crippen LogP contribution >= 0.6 is 0 Å². The number of aromatic nitrogens is 2. The molecule has 3 heteroatoms. The largest absolute Gasteiger partial charge is 0.385 e. The zero-order valence-corrected chi connectivity index (χ0v) is 9.57. The van der Waals surface area contributed by atoms with Gasteiger partial charge in [-0.2, -0.15) is 0 Å². The smallest absolute Gasteiger partial charge is 0.159 e. The van der Waals surface area contributed by atoms with Gasteiger partial charge in [0, 0.05) is 29.7 Å². The summed E-state index contributed by atoms with van der Waals surface area (Å²) in [5, 5.41) is 3.26. The van der Waals surface area contributed by atoms with Crippen molar-refractivity contribution in [1.29, 1.82) is 0 Å². The molecule has 0 fully saturated rings. The summed E-state index contributed by atoms with van der Waals surface area (Å²) in [6.45, 7) is 4.98. The Morgan fingerprint density at radius 3 is 2.50 bits per heavy atom. The molecule has 0 spiro atoms. The predicted octanol–water partition coefficient (Wildman–Crippen LogP) is 2.88. The molecule has 0 bridgehead atoms. The van der Waals surface area contributed by atoms with Crippen LogP contribution in [0.5, 0.6) is 0 Å². The van der Waals surface area contributed by atoms with Gasteiger partial charge in [0.1, 0.15) is 0 Å². The third kappa shape index (κ3) is 2.37. The summed E-state index contributed by atoms with van der Waals surface area (Å²) in [4.78, 5) is 8.64. The van der Waals surface area contributed by atoms with Gasteiger partial charge in [0.2, 0.25) is 0 Å². The van der Waals surface area contributed by atoms with Crippen molar-refractivity contribution in [3.8, 4) is 11.4 Å². The van der Waals surface area contributed by atoms with Gasteiger partial charge in [-0.3, -0.25) is 0 Å². The van der Waals surface area contributed by atoms with Gasteiger partial charge in [-0.15, -0.1) is 0 Å². The first-order valence-corrected chi connectivity index (χ1v) is 5.43. The topological polar surface area (TPSA) is 37.8 Å². The number of hydrogen-bond acceptors (Lipinski definition) is 3. The van der Waals surface area contributed by atoms with Crippen molar-refractivity contribution in [2.75, 3.05) is 11.9 Å². The first-order chi connectivity index (χ1) is 7.79. The standard InChI is InChI=1S/C13H15N3/c1-3-14-12-6-4-11(5-7-12)13-15-9-8-10(2)16-13/h4-9,14H,3H2,1-2H3. The van der Waals surface area contributed by atoms with Gasteiger partial charge in [-0.05, 0) is 44.2 Å². The first kappa shape index (κ1) is 10.6. The van der Waals surface area contributed by atoms with E-state index in [4.69, 9.17) is 0 Å². The molecule has 0 aliphatic heterocycles. The minimum atomic E-state index is 0.781. The van der Waals surface area contributed by atoms with Crippen LogP contribution in [0.1, 0.15) is 12.6 Å². The maximum Gasteiger partial charge on any atom is 0.159 e. The molecule has 1 aromatic heterocycles. The van der Waals surface area contributed by atoms with Gasteiger partial charge in [-0.25, -0.2) is 9.97 Å². The summed E-state index contributed by atoms with van der Waals surface area (Å²) in [5.41, 5.74) is 3.16. The van der Waals surface area contributed by atoms with Crippen LogP contribution in [-0.2, 0) is 0 Å². The van der Waals surface area contributed by atoms with Crippen molar-refractivity contribution in [3.05, 3.63) is 42.2 Å². The molecule has 0 radical (unpaired) electrons. The Kier molecular flexibility index (Phi) is 3.15. The Hall–Kier alpha value is -1.90. The van der Waals surface area contributed by atoms with E-state index < -0.39 is 0 Å². The van der Waals surface area contributed by atoms with Crippen LogP contribution in [-0.4, -0.2) is 16.5 Å². The highest BCUT2D eigenvalue weighted by atomic mass is 14.9. The van der Waals surface area contributed by atoms with Crippen LogP contribution in [0.15, 0.2) is 36.5 Å². The Morgan fingerprint density at radius 1 is 1.12 bits per heavy atom. The lowest BCUT2D eigenvalue weighted by molar-refractivity contribution is 1.11. The molecular formula is C13H15N3. The fourth-order valence-corrected chi connectivity index (χ4v) is 1.53.